The zero-order chi connectivity index (χ0) is 15.0. The van der Waals surface area contributed by atoms with Crippen LogP contribution < -0.4 is 4.74 Å². The average Bonchev–Trinajstić information content (AvgIpc) is 2.37. The number of halogens is 3. The number of carbonyl (C=O) groups excluding carboxylic acids is 1. The van der Waals surface area contributed by atoms with Crippen LogP contribution in [0.3, 0.4) is 0 Å². The molecule has 7 heteroatoms. The van der Waals surface area contributed by atoms with Crippen molar-refractivity contribution >= 4 is 21.8 Å². The zero-order valence-corrected chi connectivity index (χ0v) is 12.4. The average molecular weight is 352 g/mol. The third-order valence-corrected chi connectivity index (χ3v) is 2.96. The Hall–Kier alpha value is -1.21. The molecule has 1 aromatic carbocycles. The van der Waals surface area contributed by atoms with Gasteiger partial charge in [-0.3, -0.25) is 4.79 Å². The van der Waals surface area contributed by atoms with E-state index in [0.717, 1.165) is 9.37 Å². The largest absolute Gasteiger partial charge is 0.493 e. The Labute approximate surface area is 124 Å². The van der Waals surface area contributed by atoms with Crippen LogP contribution in [0.2, 0.25) is 0 Å². The molecule has 1 amide bonds. The summed E-state index contributed by atoms with van der Waals surface area (Å²) >= 11 is 3.29. The monoisotopic (exact) mass is 351 g/mol. The lowest BCUT2D eigenvalue weighted by atomic mass is 10.3. The number of amides is 1. The molecule has 1 aromatic rings. The van der Waals surface area contributed by atoms with Gasteiger partial charge < -0.3 is 14.7 Å². The predicted octanol–water partition coefficient (Wildman–Crippen LogP) is 2.30. The number of nitrogens with zero attached hydrogens (tertiary/aromatic N) is 1. The summed E-state index contributed by atoms with van der Waals surface area (Å²) < 4.78 is 30.8. The molecule has 0 aliphatic rings. The van der Waals surface area contributed by atoms with E-state index in [1.54, 1.807) is 18.2 Å². The number of aliphatic hydroxyl groups excluding tert-OH is 1. The summed E-state index contributed by atoms with van der Waals surface area (Å²) in [5.41, 5.74) is 0. The van der Waals surface area contributed by atoms with Crippen molar-refractivity contribution in [3.05, 3.63) is 28.7 Å². The molecule has 0 aromatic heterocycles. The van der Waals surface area contributed by atoms with E-state index in [4.69, 9.17) is 9.84 Å². The third kappa shape index (κ3) is 6.29. The van der Waals surface area contributed by atoms with Gasteiger partial charge in [0, 0.05) is 11.0 Å². The molecule has 0 spiro atoms. The van der Waals surface area contributed by atoms with Crippen molar-refractivity contribution in [2.45, 2.75) is 12.8 Å². The molecule has 0 aliphatic carbocycles. The van der Waals surface area contributed by atoms with Crippen LogP contribution in [-0.2, 0) is 4.79 Å². The highest BCUT2D eigenvalue weighted by Gasteiger charge is 2.17. The first-order valence-corrected chi connectivity index (χ1v) is 6.87. The maximum Gasteiger partial charge on any atom is 0.255 e. The van der Waals surface area contributed by atoms with Crippen molar-refractivity contribution in [3.8, 4) is 5.75 Å². The second kappa shape index (κ2) is 8.86. The standard InChI is InChI=1S/C13H16BrF2NO3/c14-10-2-1-3-11(8-10)20-7-4-13(19)17(5-6-18)9-12(15)16/h1-3,8,12,18H,4-7,9H2. The molecule has 112 valence electrons. The van der Waals surface area contributed by atoms with Crippen molar-refractivity contribution in [2.75, 3.05) is 26.3 Å². The van der Waals surface area contributed by atoms with Gasteiger partial charge in [-0.25, -0.2) is 8.78 Å². The van der Waals surface area contributed by atoms with E-state index in [1.807, 2.05) is 6.07 Å². The Balaban J connectivity index is 2.40. The second-order valence-electron chi connectivity index (χ2n) is 4.01. The van der Waals surface area contributed by atoms with Gasteiger partial charge in [-0.05, 0) is 18.2 Å². The third-order valence-electron chi connectivity index (χ3n) is 2.46. The number of rotatable bonds is 8. The normalized spacial score (nSPS) is 10.7. The van der Waals surface area contributed by atoms with Crippen LogP contribution in [-0.4, -0.2) is 48.6 Å². The van der Waals surface area contributed by atoms with Gasteiger partial charge in [0.25, 0.3) is 6.43 Å². The maximum atomic E-state index is 12.3. The molecule has 0 heterocycles. The maximum absolute atomic E-state index is 12.3. The summed E-state index contributed by atoms with van der Waals surface area (Å²) in [6, 6.07) is 7.11. The van der Waals surface area contributed by atoms with Crippen molar-refractivity contribution in [1.29, 1.82) is 0 Å². The van der Waals surface area contributed by atoms with E-state index >= 15 is 0 Å². The fraction of sp³-hybridized carbons (Fsp3) is 0.462. The molecule has 20 heavy (non-hydrogen) atoms. The Kier molecular flexibility index (Phi) is 7.46. The quantitative estimate of drug-likeness (QED) is 0.781. The van der Waals surface area contributed by atoms with Gasteiger partial charge in [0.05, 0.1) is 26.2 Å². The summed E-state index contributed by atoms with van der Waals surface area (Å²) in [4.78, 5) is 12.7. The highest BCUT2D eigenvalue weighted by molar-refractivity contribution is 9.10. The minimum absolute atomic E-state index is 0.0146. The molecule has 1 N–H and O–H groups in total. The Morgan fingerprint density at radius 2 is 2.20 bits per heavy atom. The molecule has 0 atom stereocenters. The molecule has 1 rings (SSSR count). The molecule has 0 saturated carbocycles. The molecular formula is C13H16BrF2NO3. The summed E-state index contributed by atoms with van der Waals surface area (Å²) in [6.45, 7) is -1.01. The lowest BCUT2D eigenvalue weighted by Crippen LogP contribution is -2.37. The fourth-order valence-electron chi connectivity index (χ4n) is 1.58. The van der Waals surface area contributed by atoms with E-state index in [0.29, 0.717) is 5.75 Å². The number of hydrogen-bond donors (Lipinski definition) is 1. The minimum Gasteiger partial charge on any atom is -0.493 e. The summed E-state index contributed by atoms with van der Waals surface area (Å²) in [5.74, 6) is 0.129. The molecule has 0 bridgehead atoms. The Bertz CT molecular complexity index is 432. The molecule has 0 unspecified atom stereocenters. The van der Waals surface area contributed by atoms with Crippen LogP contribution in [0.25, 0.3) is 0 Å². The molecular weight excluding hydrogens is 336 g/mol. The molecule has 0 radical (unpaired) electrons. The van der Waals surface area contributed by atoms with E-state index in [-0.39, 0.29) is 26.2 Å². The molecule has 0 aliphatic heterocycles. The van der Waals surface area contributed by atoms with Crippen molar-refractivity contribution in [3.63, 3.8) is 0 Å². The topological polar surface area (TPSA) is 49.8 Å². The molecule has 0 saturated heterocycles. The van der Waals surface area contributed by atoms with Crippen molar-refractivity contribution in [1.82, 2.24) is 4.90 Å². The van der Waals surface area contributed by atoms with Gasteiger partial charge in [0.15, 0.2) is 0 Å². The Morgan fingerprint density at radius 3 is 2.80 bits per heavy atom. The first-order chi connectivity index (χ1) is 9.52. The van der Waals surface area contributed by atoms with Gasteiger partial charge in [0.2, 0.25) is 5.91 Å². The van der Waals surface area contributed by atoms with Gasteiger partial charge >= 0.3 is 0 Å². The summed E-state index contributed by atoms with van der Waals surface area (Å²) in [6.07, 6.45) is -2.63. The van der Waals surface area contributed by atoms with Crippen LogP contribution in [0.15, 0.2) is 28.7 Å². The van der Waals surface area contributed by atoms with Gasteiger partial charge in [-0.2, -0.15) is 0 Å². The Morgan fingerprint density at radius 1 is 1.45 bits per heavy atom. The number of ether oxygens (including phenoxy) is 1. The number of carbonyl (C=O) groups is 1. The van der Waals surface area contributed by atoms with E-state index < -0.39 is 18.9 Å². The predicted molar refractivity (Wildman–Crippen MR) is 73.9 cm³/mol. The van der Waals surface area contributed by atoms with E-state index in [1.165, 1.54) is 0 Å². The number of aliphatic hydroxyl groups is 1. The smallest absolute Gasteiger partial charge is 0.255 e. The van der Waals surface area contributed by atoms with Gasteiger partial charge in [0.1, 0.15) is 5.75 Å². The van der Waals surface area contributed by atoms with E-state index in [9.17, 15) is 13.6 Å². The van der Waals surface area contributed by atoms with Crippen LogP contribution in [0.4, 0.5) is 8.78 Å². The SMILES string of the molecule is O=C(CCOc1cccc(Br)c1)N(CCO)CC(F)F. The van der Waals surface area contributed by atoms with Crippen LogP contribution in [0.1, 0.15) is 6.42 Å². The highest BCUT2D eigenvalue weighted by atomic mass is 79.9. The first-order valence-electron chi connectivity index (χ1n) is 6.08. The van der Waals surface area contributed by atoms with Crippen molar-refractivity contribution < 1.29 is 23.4 Å². The molecule has 4 nitrogen and oxygen atoms in total. The summed E-state index contributed by atoms with van der Waals surface area (Å²) in [7, 11) is 0. The highest BCUT2D eigenvalue weighted by Crippen LogP contribution is 2.17. The lowest BCUT2D eigenvalue weighted by molar-refractivity contribution is -0.134. The van der Waals surface area contributed by atoms with Gasteiger partial charge in [-0.15, -0.1) is 0 Å². The lowest BCUT2D eigenvalue weighted by Gasteiger charge is -2.21. The first kappa shape index (κ1) is 16.8. The number of alkyl halides is 2. The molecule has 0 fully saturated rings. The van der Waals surface area contributed by atoms with Gasteiger partial charge in [-0.1, -0.05) is 22.0 Å². The van der Waals surface area contributed by atoms with Crippen LogP contribution >= 0.6 is 15.9 Å². The van der Waals surface area contributed by atoms with E-state index in [2.05, 4.69) is 15.9 Å². The second-order valence-corrected chi connectivity index (χ2v) is 4.93. The number of hydrogen-bond acceptors (Lipinski definition) is 3. The van der Waals surface area contributed by atoms with Crippen molar-refractivity contribution in [2.24, 2.45) is 0 Å². The minimum atomic E-state index is -2.61. The zero-order valence-electron chi connectivity index (χ0n) is 10.8. The van der Waals surface area contributed by atoms with Crippen LogP contribution in [0.5, 0.6) is 5.75 Å². The van der Waals surface area contributed by atoms with Crippen LogP contribution in [0, 0.1) is 0 Å². The fourth-order valence-corrected chi connectivity index (χ4v) is 1.95. The number of benzene rings is 1. The summed E-state index contributed by atoms with van der Waals surface area (Å²) in [5, 5.41) is 8.76.